The van der Waals surface area contributed by atoms with E-state index in [-0.39, 0.29) is 22.4 Å². The van der Waals surface area contributed by atoms with Gasteiger partial charge in [0.25, 0.3) is 5.82 Å². The highest BCUT2D eigenvalue weighted by Gasteiger charge is 2.22. The Balaban J connectivity index is 2.67. The van der Waals surface area contributed by atoms with Crippen molar-refractivity contribution in [1.29, 1.82) is 0 Å². The molecule has 0 radical (unpaired) electrons. The van der Waals surface area contributed by atoms with E-state index in [1.54, 1.807) is 0 Å². The minimum atomic E-state index is -0.614. The van der Waals surface area contributed by atoms with Gasteiger partial charge >= 0.3 is 5.69 Å². The average molecular weight is 256 g/mol. The Labute approximate surface area is 99.9 Å². The van der Waals surface area contributed by atoms with E-state index < -0.39 is 4.92 Å². The van der Waals surface area contributed by atoms with Gasteiger partial charge in [0.1, 0.15) is 5.02 Å². The first-order valence-electron chi connectivity index (χ1n) is 4.39. The lowest BCUT2D eigenvalue weighted by Gasteiger charge is -2.05. The predicted octanol–water partition coefficient (Wildman–Crippen LogP) is 1.23. The Hall–Kier alpha value is -2.22. The lowest BCUT2D eigenvalue weighted by Crippen LogP contribution is -2.07. The Morgan fingerprint density at radius 1 is 1.47 bits per heavy atom. The van der Waals surface area contributed by atoms with Crippen LogP contribution in [0.25, 0.3) is 5.82 Å². The van der Waals surface area contributed by atoms with Gasteiger partial charge in [0.2, 0.25) is 5.88 Å². The molecule has 0 saturated heterocycles. The summed E-state index contributed by atoms with van der Waals surface area (Å²) in [5, 5.41) is 18.5. The molecule has 2 rings (SSSR count). The number of hydrogen-bond acceptors (Lipinski definition) is 6. The van der Waals surface area contributed by atoms with E-state index in [0.717, 1.165) is 10.9 Å². The van der Waals surface area contributed by atoms with E-state index in [1.165, 1.54) is 19.5 Å². The minimum Gasteiger partial charge on any atom is -0.480 e. The van der Waals surface area contributed by atoms with Gasteiger partial charge in [-0.2, -0.15) is 15.2 Å². The van der Waals surface area contributed by atoms with E-state index in [0.29, 0.717) is 0 Å². The van der Waals surface area contributed by atoms with Gasteiger partial charge in [0.05, 0.1) is 24.4 Å². The summed E-state index contributed by atoms with van der Waals surface area (Å²) in [7, 11) is 1.36. The summed E-state index contributed by atoms with van der Waals surface area (Å²) >= 11 is 5.76. The summed E-state index contributed by atoms with van der Waals surface area (Å²) < 4.78 is 4.88. The number of ether oxygens (including phenoxy) is 1. The van der Waals surface area contributed by atoms with Crippen molar-refractivity contribution in [3.63, 3.8) is 0 Å². The first kappa shape index (κ1) is 11.3. The quantitative estimate of drug-likeness (QED) is 0.604. The van der Waals surface area contributed by atoms with Crippen molar-refractivity contribution in [2.45, 2.75) is 0 Å². The lowest BCUT2D eigenvalue weighted by atomic mass is 10.4. The summed E-state index contributed by atoms with van der Waals surface area (Å²) in [4.78, 5) is 15.2. The molecule has 17 heavy (non-hydrogen) atoms. The van der Waals surface area contributed by atoms with E-state index in [4.69, 9.17) is 16.3 Å². The SMILES string of the molecule is COc1nc(-n2nccn2)c([N+](=O)[O-])cc1Cl. The predicted molar refractivity (Wildman–Crippen MR) is 57.4 cm³/mol. The Kier molecular flexibility index (Phi) is 2.88. The molecule has 0 aliphatic heterocycles. The molecular formula is C8H6ClN5O3. The third kappa shape index (κ3) is 2.02. The molecule has 0 aliphatic carbocycles. The molecule has 0 bridgehead atoms. The van der Waals surface area contributed by atoms with Crippen molar-refractivity contribution in [2.24, 2.45) is 0 Å². The number of hydrogen-bond donors (Lipinski definition) is 0. The highest BCUT2D eigenvalue weighted by molar-refractivity contribution is 6.32. The van der Waals surface area contributed by atoms with Gasteiger partial charge in [-0.3, -0.25) is 10.1 Å². The highest BCUT2D eigenvalue weighted by Crippen LogP contribution is 2.30. The summed E-state index contributed by atoms with van der Waals surface area (Å²) in [6.45, 7) is 0. The molecule has 0 N–H and O–H groups in total. The van der Waals surface area contributed by atoms with Crippen LogP contribution in [0.1, 0.15) is 0 Å². The van der Waals surface area contributed by atoms with Crippen LogP contribution in [-0.4, -0.2) is 32.0 Å². The van der Waals surface area contributed by atoms with Gasteiger partial charge in [-0.25, -0.2) is 0 Å². The molecule has 0 saturated carbocycles. The summed E-state index contributed by atoms with van der Waals surface area (Å²) in [5.41, 5.74) is -0.299. The fourth-order valence-corrected chi connectivity index (χ4v) is 1.43. The number of nitro groups is 1. The number of pyridine rings is 1. The van der Waals surface area contributed by atoms with Gasteiger partial charge in [0, 0.05) is 6.07 Å². The van der Waals surface area contributed by atoms with Crippen LogP contribution in [0.5, 0.6) is 5.88 Å². The van der Waals surface area contributed by atoms with Crippen LogP contribution >= 0.6 is 11.6 Å². The minimum absolute atomic E-state index is 0.0510. The molecule has 0 amide bonds. The molecule has 0 unspecified atom stereocenters. The molecule has 8 nitrogen and oxygen atoms in total. The molecule has 2 aromatic heterocycles. The van der Waals surface area contributed by atoms with Crippen molar-refractivity contribution < 1.29 is 9.66 Å². The Morgan fingerprint density at radius 2 is 2.12 bits per heavy atom. The fourth-order valence-electron chi connectivity index (χ4n) is 1.20. The zero-order chi connectivity index (χ0) is 12.4. The normalized spacial score (nSPS) is 10.2. The third-order valence-corrected chi connectivity index (χ3v) is 2.17. The smallest absolute Gasteiger partial charge is 0.317 e. The van der Waals surface area contributed by atoms with Crippen molar-refractivity contribution in [3.05, 3.63) is 33.6 Å². The summed E-state index contributed by atoms with van der Waals surface area (Å²) in [6, 6.07) is 1.14. The Morgan fingerprint density at radius 3 is 2.65 bits per heavy atom. The van der Waals surface area contributed by atoms with Gasteiger partial charge in [0.15, 0.2) is 0 Å². The van der Waals surface area contributed by atoms with E-state index in [2.05, 4.69) is 15.2 Å². The molecule has 0 aromatic carbocycles. The van der Waals surface area contributed by atoms with Crippen LogP contribution in [-0.2, 0) is 0 Å². The molecule has 0 fully saturated rings. The third-order valence-electron chi connectivity index (χ3n) is 1.90. The molecule has 0 atom stereocenters. The summed E-state index contributed by atoms with van der Waals surface area (Å²) in [6.07, 6.45) is 2.76. The van der Waals surface area contributed by atoms with E-state index >= 15 is 0 Å². The maximum atomic E-state index is 10.9. The Bertz CT molecular complexity index is 557. The van der Waals surface area contributed by atoms with Crippen LogP contribution in [0.3, 0.4) is 0 Å². The van der Waals surface area contributed by atoms with Crippen LogP contribution in [0.2, 0.25) is 5.02 Å². The fraction of sp³-hybridized carbons (Fsp3) is 0.125. The average Bonchev–Trinajstić information content (AvgIpc) is 2.82. The second kappa shape index (κ2) is 4.34. The summed E-state index contributed by atoms with van der Waals surface area (Å²) in [5.74, 6) is 0.0193. The first-order valence-corrected chi connectivity index (χ1v) is 4.77. The van der Waals surface area contributed by atoms with Gasteiger partial charge in [-0.15, -0.1) is 4.80 Å². The van der Waals surface area contributed by atoms with E-state index in [1.807, 2.05) is 0 Å². The van der Waals surface area contributed by atoms with Gasteiger partial charge < -0.3 is 4.74 Å². The topological polar surface area (TPSA) is 96.0 Å². The second-order valence-corrected chi connectivity index (χ2v) is 3.31. The van der Waals surface area contributed by atoms with Crippen molar-refractivity contribution in [3.8, 4) is 11.7 Å². The van der Waals surface area contributed by atoms with Crippen LogP contribution in [0.15, 0.2) is 18.5 Å². The molecule has 2 aromatic rings. The maximum absolute atomic E-state index is 10.9. The van der Waals surface area contributed by atoms with E-state index in [9.17, 15) is 10.1 Å². The monoisotopic (exact) mass is 255 g/mol. The standard InChI is InChI=1S/C8H6ClN5O3/c1-17-8-5(9)4-6(14(15)16)7(12-8)13-10-2-3-11-13/h2-4H,1H3. The zero-order valence-corrected chi connectivity index (χ0v) is 9.33. The largest absolute Gasteiger partial charge is 0.480 e. The van der Waals surface area contributed by atoms with Gasteiger partial charge in [-0.1, -0.05) is 11.6 Å². The van der Waals surface area contributed by atoms with Crippen molar-refractivity contribution >= 4 is 17.3 Å². The number of nitrogens with zero attached hydrogens (tertiary/aromatic N) is 5. The first-order chi connectivity index (χ1) is 8.13. The van der Waals surface area contributed by atoms with Gasteiger partial charge in [-0.05, 0) is 0 Å². The molecule has 0 aliphatic rings. The number of aromatic nitrogens is 4. The van der Waals surface area contributed by atoms with Crippen LogP contribution < -0.4 is 4.74 Å². The maximum Gasteiger partial charge on any atom is 0.317 e. The second-order valence-electron chi connectivity index (χ2n) is 2.90. The molecule has 88 valence electrons. The molecule has 9 heteroatoms. The highest BCUT2D eigenvalue weighted by atomic mass is 35.5. The zero-order valence-electron chi connectivity index (χ0n) is 8.57. The number of halogens is 1. The van der Waals surface area contributed by atoms with Crippen LogP contribution in [0.4, 0.5) is 5.69 Å². The number of methoxy groups -OCH3 is 1. The molecule has 2 heterocycles. The lowest BCUT2D eigenvalue weighted by molar-refractivity contribution is -0.385. The van der Waals surface area contributed by atoms with Crippen molar-refractivity contribution in [2.75, 3.05) is 7.11 Å². The molecular weight excluding hydrogens is 250 g/mol. The molecule has 0 spiro atoms. The van der Waals surface area contributed by atoms with Crippen LogP contribution in [0, 0.1) is 10.1 Å². The van der Waals surface area contributed by atoms with Crippen molar-refractivity contribution in [1.82, 2.24) is 20.0 Å². The number of rotatable bonds is 3.